The third-order valence-electron chi connectivity index (χ3n) is 3.87. The van der Waals surface area contributed by atoms with Crippen LogP contribution in [-0.2, 0) is 0 Å². The molecule has 0 aliphatic carbocycles. The molecule has 0 aromatic carbocycles. The summed E-state index contributed by atoms with van der Waals surface area (Å²) in [5, 5.41) is 3.36. The van der Waals surface area contributed by atoms with Gasteiger partial charge in [-0.1, -0.05) is 19.3 Å². The molecule has 0 unspecified atom stereocenters. The third-order valence-corrected chi connectivity index (χ3v) is 3.87. The van der Waals surface area contributed by atoms with Crippen molar-refractivity contribution in [3.8, 4) is 0 Å². The van der Waals surface area contributed by atoms with Crippen LogP contribution in [0.15, 0.2) is 23.3 Å². The number of nitrogens with one attached hydrogen (secondary N) is 1. The maximum atomic E-state index is 4.62. The van der Waals surface area contributed by atoms with E-state index in [2.05, 4.69) is 26.3 Å². The second-order valence-electron chi connectivity index (χ2n) is 5.29. The molecule has 0 spiro atoms. The number of aromatic nitrogens is 1. The largest absolute Gasteiger partial charge is 0.368 e. The number of hydrogen-bond donors (Lipinski definition) is 1. The van der Waals surface area contributed by atoms with E-state index in [-0.39, 0.29) is 0 Å². The second kappa shape index (κ2) is 6.04. The Kier molecular flexibility index (Phi) is 3.96. The molecule has 0 radical (unpaired) electrons. The number of hydrogen-bond acceptors (Lipinski definition) is 4. The van der Waals surface area contributed by atoms with Crippen molar-refractivity contribution in [2.24, 2.45) is 4.99 Å². The highest BCUT2D eigenvalue weighted by atomic mass is 15.2. The van der Waals surface area contributed by atoms with Crippen LogP contribution in [0.25, 0.3) is 0 Å². The highest BCUT2D eigenvalue weighted by molar-refractivity contribution is 6.03. The number of pyridine rings is 1. The maximum absolute atomic E-state index is 4.62. The molecule has 0 bridgehead atoms. The van der Waals surface area contributed by atoms with Crippen molar-refractivity contribution in [1.82, 2.24) is 10.3 Å². The fraction of sp³-hybridized carbons (Fsp3) is 0.600. The minimum Gasteiger partial charge on any atom is -0.368 e. The van der Waals surface area contributed by atoms with E-state index in [9.17, 15) is 0 Å². The number of rotatable bonds is 2. The van der Waals surface area contributed by atoms with Gasteiger partial charge in [-0.25, -0.2) is 4.98 Å². The Morgan fingerprint density at radius 2 is 1.84 bits per heavy atom. The maximum Gasteiger partial charge on any atom is 0.139 e. The summed E-state index contributed by atoms with van der Waals surface area (Å²) in [4.78, 5) is 11.6. The molecule has 19 heavy (non-hydrogen) atoms. The van der Waals surface area contributed by atoms with E-state index in [0.29, 0.717) is 0 Å². The lowest BCUT2D eigenvalue weighted by atomic mass is 10.1. The van der Waals surface area contributed by atoms with Crippen LogP contribution in [0.1, 0.15) is 37.7 Å². The van der Waals surface area contributed by atoms with E-state index in [1.165, 1.54) is 37.7 Å². The van der Waals surface area contributed by atoms with Crippen molar-refractivity contribution in [3.05, 3.63) is 23.9 Å². The van der Waals surface area contributed by atoms with Crippen molar-refractivity contribution in [2.75, 3.05) is 31.1 Å². The zero-order chi connectivity index (χ0) is 12.9. The predicted molar refractivity (Wildman–Crippen MR) is 78.9 cm³/mol. The standard InChI is InChI=1S/C15H22N4/c1-2-4-11-19(12-5-3-1)15-13(7-6-8-18-15)14-16-9-10-17-14/h6-8H,1-5,9-12H2,(H,16,17). The van der Waals surface area contributed by atoms with Gasteiger partial charge in [-0.05, 0) is 25.0 Å². The topological polar surface area (TPSA) is 40.5 Å². The Labute approximate surface area is 114 Å². The summed E-state index contributed by atoms with van der Waals surface area (Å²) < 4.78 is 0. The minimum absolute atomic E-state index is 0.879. The monoisotopic (exact) mass is 258 g/mol. The first kappa shape index (κ1) is 12.5. The molecule has 1 aromatic heterocycles. The summed E-state index contributed by atoms with van der Waals surface area (Å²) >= 11 is 0. The Hall–Kier alpha value is -1.58. The molecule has 1 saturated heterocycles. The molecule has 1 N–H and O–H groups in total. The molecule has 1 aromatic rings. The summed E-state index contributed by atoms with van der Waals surface area (Å²) in [7, 11) is 0. The predicted octanol–water partition coefficient (Wildman–Crippen LogP) is 2.20. The van der Waals surface area contributed by atoms with Gasteiger partial charge in [-0.2, -0.15) is 0 Å². The highest BCUT2D eigenvalue weighted by Gasteiger charge is 2.18. The summed E-state index contributed by atoms with van der Waals surface area (Å²) in [6.45, 7) is 4.07. The minimum atomic E-state index is 0.879. The summed E-state index contributed by atoms with van der Waals surface area (Å²) in [5.74, 6) is 2.13. The number of amidine groups is 1. The van der Waals surface area contributed by atoms with Crippen LogP contribution in [0.2, 0.25) is 0 Å². The van der Waals surface area contributed by atoms with Crippen LogP contribution in [-0.4, -0.2) is 37.0 Å². The Balaban J connectivity index is 1.85. The summed E-state index contributed by atoms with van der Waals surface area (Å²) in [6, 6.07) is 4.14. The van der Waals surface area contributed by atoms with Gasteiger partial charge >= 0.3 is 0 Å². The molecular weight excluding hydrogens is 236 g/mol. The first-order valence-corrected chi connectivity index (χ1v) is 7.44. The van der Waals surface area contributed by atoms with Gasteiger partial charge in [0.2, 0.25) is 0 Å². The van der Waals surface area contributed by atoms with Gasteiger partial charge in [0.15, 0.2) is 0 Å². The number of aliphatic imine (C=N–C) groups is 1. The van der Waals surface area contributed by atoms with Crippen LogP contribution in [0.3, 0.4) is 0 Å². The SMILES string of the molecule is c1cnc(N2CCCCCCC2)c(C2=NCCN2)c1. The lowest BCUT2D eigenvalue weighted by Gasteiger charge is -2.27. The average molecular weight is 258 g/mol. The molecule has 3 heterocycles. The second-order valence-corrected chi connectivity index (χ2v) is 5.29. The Morgan fingerprint density at radius 1 is 1.05 bits per heavy atom. The first-order valence-electron chi connectivity index (χ1n) is 7.44. The van der Waals surface area contributed by atoms with Gasteiger partial charge in [0.1, 0.15) is 11.7 Å². The first-order chi connectivity index (χ1) is 9.45. The Morgan fingerprint density at radius 3 is 2.58 bits per heavy atom. The molecule has 0 saturated carbocycles. The van der Waals surface area contributed by atoms with Gasteiger partial charge < -0.3 is 10.2 Å². The van der Waals surface area contributed by atoms with Crippen molar-refractivity contribution >= 4 is 11.7 Å². The normalized spacial score (nSPS) is 20.4. The molecule has 0 atom stereocenters. The van der Waals surface area contributed by atoms with Crippen molar-refractivity contribution < 1.29 is 0 Å². The zero-order valence-corrected chi connectivity index (χ0v) is 11.4. The molecule has 102 valence electrons. The molecule has 4 nitrogen and oxygen atoms in total. The van der Waals surface area contributed by atoms with E-state index in [1.807, 2.05) is 12.3 Å². The molecule has 1 fully saturated rings. The van der Waals surface area contributed by atoms with Crippen LogP contribution in [0, 0.1) is 0 Å². The quantitative estimate of drug-likeness (QED) is 0.884. The summed E-state index contributed by atoms with van der Waals surface area (Å²) in [6.07, 6.45) is 8.52. The fourth-order valence-electron chi connectivity index (χ4n) is 2.87. The number of anilines is 1. The van der Waals surface area contributed by atoms with E-state index >= 15 is 0 Å². The van der Waals surface area contributed by atoms with E-state index in [1.54, 1.807) is 0 Å². The molecule has 3 rings (SSSR count). The lowest BCUT2D eigenvalue weighted by Crippen LogP contribution is -2.31. The van der Waals surface area contributed by atoms with Gasteiger partial charge in [0.25, 0.3) is 0 Å². The molecule has 4 heteroatoms. The Bertz CT molecular complexity index is 447. The van der Waals surface area contributed by atoms with Crippen LogP contribution in [0.5, 0.6) is 0 Å². The van der Waals surface area contributed by atoms with E-state index < -0.39 is 0 Å². The highest BCUT2D eigenvalue weighted by Crippen LogP contribution is 2.21. The average Bonchev–Trinajstić information content (AvgIpc) is 2.92. The van der Waals surface area contributed by atoms with Gasteiger partial charge in [-0.15, -0.1) is 0 Å². The molecule has 2 aliphatic heterocycles. The van der Waals surface area contributed by atoms with Gasteiger partial charge in [0.05, 0.1) is 12.1 Å². The van der Waals surface area contributed by atoms with Crippen LogP contribution < -0.4 is 10.2 Å². The molecular formula is C15H22N4. The van der Waals surface area contributed by atoms with Gasteiger partial charge in [-0.3, -0.25) is 4.99 Å². The van der Waals surface area contributed by atoms with Crippen molar-refractivity contribution in [2.45, 2.75) is 32.1 Å². The number of nitrogens with zero attached hydrogens (tertiary/aromatic N) is 3. The molecule has 2 aliphatic rings. The third kappa shape index (κ3) is 2.88. The zero-order valence-electron chi connectivity index (χ0n) is 11.4. The fourth-order valence-corrected chi connectivity index (χ4v) is 2.87. The van der Waals surface area contributed by atoms with Crippen LogP contribution in [0.4, 0.5) is 5.82 Å². The van der Waals surface area contributed by atoms with Gasteiger partial charge in [0, 0.05) is 25.8 Å². The van der Waals surface area contributed by atoms with E-state index in [0.717, 1.165) is 37.8 Å². The van der Waals surface area contributed by atoms with Crippen LogP contribution >= 0.6 is 0 Å². The summed E-state index contributed by atoms with van der Waals surface area (Å²) in [5.41, 5.74) is 1.17. The lowest BCUT2D eigenvalue weighted by molar-refractivity contribution is 0.553. The smallest absolute Gasteiger partial charge is 0.139 e. The van der Waals surface area contributed by atoms with Crippen molar-refractivity contribution in [3.63, 3.8) is 0 Å². The van der Waals surface area contributed by atoms with Crippen molar-refractivity contribution in [1.29, 1.82) is 0 Å². The molecule has 0 amide bonds. The van der Waals surface area contributed by atoms with E-state index in [4.69, 9.17) is 0 Å².